The lowest BCUT2D eigenvalue weighted by molar-refractivity contribution is -0.113. The van der Waals surface area contributed by atoms with Crippen molar-refractivity contribution in [3.05, 3.63) is 76.3 Å². The average Bonchev–Trinajstić information content (AvgIpc) is 2.38. The Morgan fingerprint density at radius 1 is 1.06 bits per heavy atom. The molecule has 0 aliphatic heterocycles. The van der Waals surface area contributed by atoms with Crippen LogP contribution < -0.4 is 0 Å². The van der Waals surface area contributed by atoms with Gasteiger partial charge in [-0.3, -0.25) is 4.79 Å². The van der Waals surface area contributed by atoms with Crippen LogP contribution in [-0.4, -0.2) is 5.78 Å². The van der Waals surface area contributed by atoms with Crippen LogP contribution >= 0.6 is 15.9 Å². The molecule has 0 heterocycles. The van der Waals surface area contributed by atoms with E-state index in [1.165, 1.54) is 0 Å². The van der Waals surface area contributed by atoms with Gasteiger partial charge in [0.25, 0.3) is 0 Å². The normalized spacial score (nSPS) is 10.7. The fourth-order valence-electron chi connectivity index (χ4n) is 1.66. The molecule has 2 rings (SSSR count). The second-order valence-electron chi connectivity index (χ2n) is 4.02. The first kappa shape index (κ1) is 12.8. The molecular formula is C16H13BrO. The minimum atomic E-state index is 0.112. The molecule has 0 radical (unpaired) electrons. The first-order chi connectivity index (χ1) is 8.74. The summed E-state index contributed by atoms with van der Waals surface area (Å²) in [6.45, 7) is 0. The fraction of sp³-hybridized carbons (Fsp3) is 0.0625. The third-order valence-corrected chi connectivity index (χ3v) is 3.02. The molecule has 18 heavy (non-hydrogen) atoms. The minimum Gasteiger partial charge on any atom is -0.294 e. The quantitative estimate of drug-likeness (QED) is 0.771. The number of hydrogen-bond acceptors (Lipinski definition) is 1. The van der Waals surface area contributed by atoms with Crippen LogP contribution in [0.3, 0.4) is 0 Å². The van der Waals surface area contributed by atoms with Crippen molar-refractivity contribution in [3.8, 4) is 0 Å². The van der Waals surface area contributed by atoms with Gasteiger partial charge in [-0.1, -0.05) is 64.5 Å². The number of hydrogen-bond donors (Lipinski definition) is 0. The Balaban J connectivity index is 1.99. The van der Waals surface area contributed by atoms with Crippen molar-refractivity contribution in [2.45, 2.75) is 6.42 Å². The van der Waals surface area contributed by atoms with Crippen LogP contribution in [0.4, 0.5) is 0 Å². The highest BCUT2D eigenvalue weighted by molar-refractivity contribution is 9.10. The third-order valence-electron chi connectivity index (χ3n) is 2.53. The number of rotatable bonds is 4. The summed E-state index contributed by atoms with van der Waals surface area (Å²) in [5.74, 6) is 0.112. The van der Waals surface area contributed by atoms with Crippen molar-refractivity contribution < 1.29 is 4.79 Å². The van der Waals surface area contributed by atoms with Gasteiger partial charge in [0.05, 0.1) is 0 Å². The molecule has 0 amide bonds. The van der Waals surface area contributed by atoms with Crippen LogP contribution in [0.5, 0.6) is 0 Å². The number of carbonyl (C=O) groups is 1. The van der Waals surface area contributed by atoms with E-state index in [0.29, 0.717) is 6.42 Å². The molecule has 1 nitrogen and oxygen atoms in total. The predicted molar refractivity (Wildman–Crippen MR) is 78.3 cm³/mol. The lowest BCUT2D eigenvalue weighted by atomic mass is 10.1. The molecule has 0 aliphatic rings. The van der Waals surface area contributed by atoms with Gasteiger partial charge < -0.3 is 0 Å². The summed E-state index contributed by atoms with van der Waals surface area (Å²) in [7, 11) is 0. The SMILES string of the molecule is O=C(/C=C/c1cccc(Br)c1)Cc1ccccc1. The van der Waals surface area contributed by atoms with E-state index < -0.39 is 0 Å². The van der Waals surface area contributed by atoms with Gasteiger partial charge >= 0.3 is 0 Å². The van der Waals surface area contributed by atoms with Crippen LogP contribution in [-0.2, 0) is 11.2 Å². The molecule has 0 saturated heterocycles. The smallest absolute Gasteiger partial charge is 0.160 e. The molecule has 2 aromatic rings. The van der Waals surface area contributed by atoms with Gasteiger partial charge in [-0.25, -0.2) is 0 Å². The standard InChI is InChI=1S/C16H13BrO/c17-15-8-4-7-14(11-15)9-10-16(18)12-13-5-2-1-3-6-13/h1-11H,12H2/b10-9+. The predicted octanol–water partition coefficient (Wildman–Crippen LogP) is 4.27. The highest BCUT2D eigenvalue weighted by atomic mass is 79.9. The van der Waals surface area contributed by atoms with E-state index in [-0.39, 0.29) is 5.78 Å². The molecule has 0 aliphatic carbocycles. The number of ketones is 1. The summed E-state index contributed by atoms with van der Waals surface area (Å²) in [5.41, 5.74) is 2.06. The van der Waals surface area contributed by atoms with Crippen molar-refractivity contribution in [2.75, 3.05) is 0 Å². The lowest BCUT2D eigenvalue weighted by Gasteiger charge is -1.97. The summed E-state index contributed by atoms with van der Waals surface area (Å²) in [5, 5.41) is 0. The van der Waals surface area contributed by atoms with E-state index in [4.69, 9.17) is 0 Å². The lowest BCUT2D eigenvalue weighted by Crippen LogP contribution is -1.97. The summed E-state index contributed by atoms with van der Waals surface area (Å²) in [4.78, 5) is 11.8. The van der Waals surface area contributed by atoms with Gasteiger partial charge in [0, 0.05) is 10.9 Å². The molecule has 0 fully saturated rings. The van der Waals surface area contributed by atoms with Gasteiger partial charge in [-0.15, -0.1) is 0 Å². The number of benzene rings is 2. The Bertz CT molecular complexity index is 558. The van der Waals surface area contributed by atoms with Crippen LogP contribution in [0.15, 0.2) is 65.1 Å². The van der Waals surface area contributed by atoms with Crippen LogP contribution in [0.1, 0.15) is 11.1 Å². The molecule has 2 heteroatoms. The van der Waals surface area contributed by atoms with Gasteiger partial charge in [0.2, 0.25) is 0 Å². The zero-order chi connectivity index (χ0) is 12.8. The molecule has 0 bridgehead atoms. The molecule has 0 N–H and O–H groups in total. The summed E-state index contributed by atoms with van der Waals surface area (Å²) in [6.07, 6.45) is 3.93. The van der Waals surface area contributed by atoms with Crippen molar-refractivity contribution >= 4 is 27.8 Å². The highest BCUT2D eigenvalue weighted by Crippen LogP contribution is 2.13. The van der Waals surface area contributed by atoms with Gasteiger partial charge in [-0.05, 0) is 29.3 Å². The molecular weight excluding hydrogens is 288 g/mol. The largest absolute Gasteiger partial charge is 0.294 e. The van der Waals surface area contributed by atoms with E-state index in [1.807, 2.05) is 60.7 Å². The second-order valence-corrected chi connectivity index (χ2v) is 4.93. The monoisotopic (exact) mass is 300 g/mol. The number of allylic oxidation sites excluding steroid dienone is 1. The number of halogens is 1. The van der Waals surface area contributed by atoms with Gasteiger partial charge in [0.15, 0.2) is 5.78 Å². The van der Waals surface area contributed by atoms with Gasteiger partial charge in [-0.2, -0.15) is 0 Å². The van der Waals surface area contributed by atoms with E-state index in [0.717, 1.165) is 15.6 Å². The Kier molecular flexibility index (Phi) is 4.48. The van der Waals surface area contributed by atoms with Crippen molar-refractivity contribution in [1.29, 1.82) is 0 Å². The van der Waals surface area contributed by atoms with E-state index in [1.54, 1.807) is 6.08 Å². The minimum absolute atomic E-state index is 0.112. The Labute approximate surface area is 115 Å². The molecule has 0 saturated carbocycles. The highest BCUT2D eigenvalue weighted by Gasteiger charge is 1.98. The van der Waals surface area contributed by atoms with Crippen LogP contribution in [0, 0.1) is 0 Å². The Hall–Kier alpha value is -1.67. The Morgan fingerprint density at radius 2 is 1.83 bits per heavy atom. The second kappa shape index (κ2) is 6.31. The van der Waals surface area contributed by atoms with Crippen molar-refractivity contribution in [3.63, 3.8) is 0 Å². The molecule has 2 aromatic carbocycles. The molecule has 0 atom stereocenters. The molecule has 0 spiro atoms. The molecule has 0 unspecified atom stereocenters. The topological polar surface area (TPSA) is 17.1 Å². The molecule has 90 valence electrons. The summed E-state index contributed by atoms with van der Waals surface area (Å²) >= 11 is 3.40. The maximum absolute atomic E-state index is 11.8. The number of carbonyl (C=O) groups excluding carboxylic acids is 1. The van der Waals surface area contributed by atoms with E-state index >= 15 is 0 Å². The first-order valence-electron chi connectivity index (χ1n) is 5.74. The van der Waals surface area contributed by atoms with E-state index in [2.05, 4.69) is 15.9 Å². The summed E-state index contributed by atoms with van der Waals surface area (Å²) in [6, 6.07) is 17.6. The zero-order valence-corrected chi connectivity index (χ0v) is 11.4. The van der Waals surface area contributed by atoms with Crippen molar-refractivity contribution in [1.82, 2.24) is 0 Å². The Morgan fingerprint density at radius 3 is 2.56 bits per heavy atom. The third kappa shape index (κ3) is 3.97. The van der Waals surface area contributed by atoms with Crippen molar-refractivity contribution in [2.24, 2.45) is 0 Å². The van der Waals surface area contributed by atoms with E-state index in [9.17, 15) is 4.79 Å². The molecule has 0 aromatic heterocycles. The zero-order valence-electron chi connectivity index (χ0n) is 9.84. The summed E-state index contributed by atoms with van der Waals surface area (Å²) < 4.78 is 1.01. The van der Waals surface area contributed by atoms with Gasteiger partial charge in [0.1, 0.15) is 0 Å². The maximum Gasteiger partial charge on any atom is 0.160 e. The van der Waals surface area contributed by atoms with Crippen LogP contribution in [0.25, 0.3) is 6.08 Å². The average molecular weight is 301 g/mol. The maximum atomic E-state index is 11.8. The first-order valence-corrected chi connectivity index (χ1v) is 6.54. The fourth-order valence-corrected chi connectivity index (χ4v) is 2.07. The van der Waals surface area contributed by atoms with Crippen LogP contribution in [0.2, 0.25) is 0 Å².